The topological polar surface area (TPSA) is 35.0 Å². The van der Waals surface area contributed by atoms with Gasteiger partial charge < -0.3 is 4.74 Å². The van der Waals surface area contributed by atoms with Crippen molar-refractivity contribution in [2.24, 2.45) is 0 Å². The summed E-state index contributed by atoms with van der Waals surface area (Å²) in [6, 6.07) is 3.07. The molecule has 3 nitrogen and oxygen atoms in total. The molecule has 2 aromatic rings. The second kappa shape index (κ2) is 4.51. The van der Waals surface area contributed by atoms with E-state index in [1.807, 2.05) is 0 Å². The largest absolute Gasteiger partial charge is 0.464 e. The summed E-state index contributed by atoms with van der Waals surface area (Å²) in [6.45, 7) is 2.19. The number of hydrogen-bond acceptors (Lipinski definition) is 3. The van der Waals surface area contributed by atoms with Gasteiger partial charge >= 0.3 is 6.01 Å². The van der Waals surface area contributed by atoms with Crippen molar-refractivity contribution < 1.29 is 9.13 Å². The minimum Gasteiger partial charge on any atom is -0.464 e. The highest BCUT2D eigenvalue weighted by Gasteiger charge is 2.11. The lowest BCUT2D eigenvalue weighted by molar-refractivity contribution is 0.313. The van der Waals surface area contributed by atoms with Crippen LogP contribution in [0.25, 0.3) is 10.9 Å². The minimum absolute atomic E-state index is 0.0845. The summed E-state index contributed by atoms with van der Waals surface area (Å²) < 4.78 is 19.3. The van der Waals surface area contributed by atoms with Crippen molar-refractivity contribution in [3.8, 4) is 6.01 Å². The van der Waals surface area contributed by atoms with Gasteiger partial charge in [0.05, 0.1) is 6.61 Å². The number of hydrogen-bond donors (Lipinski definition) is 0. The number of ether oxygens (including phenoxy) is 1. The molecule has 0 fully saturated rings. The third kappa shape index (κ3) is 2.10. The first-order valence-corrected chi connectivity index (χ1v) is 5.74. The van der Waals surface area contributed by atoms with Crippen molar-refractivity contribution in [2.45, 2.75) is 6.92 Å². The van der Waals surface area contributed by atoms with Crippen LogP contribution in [0.3, 0.4) is 0 Å². The highest BCUT2D eigenvalue weighted by molar-refractivity contribution is 9.10. The van der Waals surface area contributed by atoms with Gasteiger partial charge in [-0.3, -0.25) is 0 Å². The minimum atomic E-state index is -0.463. The van der Waals surface area contributed by atoms with E-state index in [4.69, 9.17) is 16.3 Å². The molecule has 0 aliphatic heterocycles. The summed E-state index contributed by atoms with van der Waals surface area (Å²) >= 11 is 9.10. The summed E-state index contributed by atoms with van der Waals surface area (Å²) in [5, 5.41) is 0.630. The first-order chi connectivity index (χ1) is 7.61. The lowest BCUT2D eigenvalue weighted by atomic mass is 10.2. The molecule has 2 rings (SSSR count). The Kier molecular flexibility index (Phi) is 3.25. The predicted octanol–water partition coefficient (Wildman–Crippen LogP) is 3.58. The van der Waals surface area contributed by atoms with E-state index in [1.54, 1.807) is 13.0 Å². The van der Waals surface area contributed by atoms with Crippen molar-refractivity contribution in [2.75, 3.05) is 6.61 Å². The van der Waals surface area contributed by atoms with Crippen LogP contribution in [0.1, 0.15) is 6.92 Å². The number of fused-ring (bicyclic) bond motifs is 1. The summed E-state index contributed by atoms with van der Waals surface area (Å²) in [5.74, 6) is -0.463. The number of nitrogens with zero attached hydrogens (tertiary/aromatic N) is 2. The fourth-order valence-corrected chi connectivity index (χ4v) is 1.94. The monoisotopic (exact) mass is 304 g/mol. The maximum absolute atomic E-state index is 13.6. The van der Waals surface area contributed by atoms with Crippen LogP contribution in [0.4, 0.5) is 4.39 Å². The second-order valence-electron chi connectivity index (χ2n) is 3.01. The molecule has 0 radical (unpaired) electrons. The number of benzene rings is 1. The van der Waals surface area contributed by atoms with E-state index >= 15 is 0 Å². The van der Waals surface area contributed by atoms with Crippen LogP contribution in [-0.4, -0.2) is 16.6 Å². The Bertz CT molecular complexity index is 550. The molecule has 1 heterocycles. The molecule has 0 saturated carbocycles. The van der Waals surface area contributed by atoms with Crippen LogP contribution in [0.2, 0.25) is 5.15 Å². The van der Waals surface area contributed by atoms with Crippen molar-refractivity contribution in [1.29, 1.82) is 0 Å². The maximum Gasteiger partial charge on any atom is 0.318 e. The Morgan fingerprint density at radius 3 is 2.88 bits per heavy atom. The predicted molar refractivity (Wildman–Crippen MR) is 63.4 cm³/mol. The van der Waals surface area contributed by atoms with Crippen LogP contribution in [0.5, 0.6) is 6.01 Å². The van der Waals surface area contributed by atoms with Gasteiger partial charge in [0.1, 0.15) is 10.7 Å². The molecule has 0 spiro atoms. The Morgan fingerprint density at radius 1 is 1.44 bits per heavy atom. The summed E-state index contributed by atoms with van der Waals surface area (Å²) in [4.78, 5) is 7.87. The normalized spacial score (nSPS) is 10.8. The van der Waals surface area contributed by atoms with Gasteiger partial charge in [0, 0.05) is 9.86 Å². The van der Waals surface area contributed by atoms with E-state index in [0.717, 1.165) is 0 Å². The third-order valence-corrected chi connectivity index (χ3v) is 2.67. The zero-order chi connectivity index (χ0) is 11.7. The van der Waals surface area contributed by atoms with Crippen LogP contribution in [0, 0.1) is 5.82 Å². The van der Waals surface area contributed by atoms with Crippen molar-refractivity contribution in [3.63, 3.8) is 0 Å². The Hall–Kier alpha value is -0.940. The molecule has 16 heavy (non-hydrogen) atoms. The molecule has 1 aromatic carbocycles. The zero-order valence-electron chi connectivity index (χ0n) is 8.30. The van der Waals surface area contributed by atoms with Crippen molar-refractivity contribution in [1.82, 2.24) is 9.97 Å². The Morgan fingerprint density at radius 2 is 2.19 bits per heavy atom. The molecule has 1 aromatic heterocycles. The van der Waals surface area contributed by atoms with E-state index in [-0.39, 0.29) is 16.7 Å². The molecule has 0 aliphatic rings. The molecule has 0 bridgehead atoms. The Balaban J connectivity index is 2.71. The van der Waals surface area contributed by atoms with Crippen LogP contribution >= 0.6 is 27.5 Å². The van der Waals surface area contributed by atoms with Gasteiger partial charge in [-0.1, -0.05) is 27.5 Å². The van der Waals surface area contributed by atoms with E-state index < -0.39 is 5.82 Å². The molecule has 0 unspecified atom stereocenters. The second-order valence-corrected chi connectivity index (χ2v) is 4.29. The third-order valence-electron chi connectivity index (χ3n) is 1.93. The van der Waals surface area contributed by atoms with Crippen LogP contribution < -0.4 is 4.74 Å². The van der Waals surface area contributed by atoms with E-state index in [0.29, 0.717) is 16.5 Å². The first kappa shape index (κ1) is 11.5. The highest BCUT2D eigenvalue weighted by atomic mass is 79.9. The molecule has 0 saturated heterocycles. The quantitative estimate of drug-likeness (QED) is 0.795. The number of rotatable bonds is 2. The lowest BCUT2D eigenvalue weighted by Gasteiger charge is -2.05. The van der Waals surface area contributed by atoms with Gasteiger partial charge in [-0.2, -0.15) is 9.97 Å². The van der Waals surface area contributed by atoms with Gasteiger partial charge in [0.25, 0.3) is 0 Å². The lowest BCUT2D eigenvalue weighted by Crippen LogP contribution is -1.99. The smallest absolute Gasteiger partial charge is 0.318 e. The molecule has 6 heteroatoms. The molecular weight excluding hydrogens is 298 g/mol. The summed E-state index contributed by atoms with van der Waals surface area (Å²) in [5.41, 5.74) is 0.159. The molecule has 0 N–H and O–H groups in total. The number of halogens is 3. The summed E-state index contributed by atoms with van der Waals surface area (Å²) in [7, 11) is 0. The molecular formula is C10H7BrClFN2O. The van der Waals surface area contributed by atoms with Gasteiger partial charge in [-0.05, 0) is 19.1 Å². The van der Waals surface area contributed by atoms with Gasteiger partial charge in [-0.25, -0.2) is 4.39 Å². The Labute approximate surface area is 105 Å². The summed E-state index contributed by atoms with van der Waals surface area (Å²) in [6.07, 6.45) is 0. The zero-order valence-corrected chi connectivity index (χ0v) is 10.6. The standard InChI is InChI=1S/C10H7BrClFN2O/c1-2-16-10-14-8-6(9(12)15-10)3-5(11)4-7(8)13/h3-4H,2H2,1H3. The number of aromatic nitrogens is 2. The highest BCUT2D eigenvalue weighted by Crippen LogP contribution is 2.28. The van der Waals surface area contributed by atoms with Gasteiger partial charge in [-0.15, -0.1) is 0 Å². The average Bonchev–Trinajstić information content (AvgIpc) is 2.20. The molecule has 0 amide bonds. The van der Waals surface area contributed by atoms with Gasteiger partial charge in [0.15, 0.2) is 5.82 Å². The van der Waals surface area contributed by atoms with E-state index in [1.165, 1.54) is 6.07 Å². The first-order valence-electron chi connectivity index (χ1n) is 4.57. The van der Waals surface area contributed by atoms with Crippen LogP contribution in [-0.2, 0) is 0 Å². The fraction of sp³-hybridized carbons (Fsp3) is 0.200. The van der Waals surface area contributed by atoms with Crippen LogP contribution in [0.15, 0.2) is 16.6 Å². The van der Waals surface area contributed by atoms with E-state index in [2.05, 4.69) is 25.9 Å². The maximum atomic E-state index is 13.6. The van der Waals surface area contributed by atoms with Crippen molar-refractivity contribution >= 4 is 38.4 Å². The molecule has 0 aliphatic carbocycles. The average molecular weight is 306 g/mol. The fourth-order valence-electron chi connectivity index (χ4n) is 1.30. The van der Waals surface area contributed by atoms with Crippen molar-refractivity contribution in [3.05, 3.63) is 27.6 Å². The SMILES string of the molecule is CCOc1nc(Cl)c2cc(Br)cc(F)c2n1. The molecule has 84 valence electrons. The van der Waals surface area contributed by atoms with E-state index in [9.17, 15) is 4.39 Å². The van der Waals surface area contributed by atoms with Gasteiger partial charge in [0.2, 0.25) is 0 Å². The molecule has 0 atom stereocenters.